The van der Waals surface area contributed by atoms with Gasteiger partial charge in [0.25, 0.3) is 0 Å². The van der Waals surface area contributed by atoms with E-state index in [4.69, 9.17) is 4.74 Å². The zero-order chi connectivity index (χ0) is 15.2. The zero-order valence-corrected chi connectivity index (χ0v) is 12.1. The van der Waals surface area contributed by atoms with Crippen molar-refractivity contribution in [3.8, 4) is 0 Å². The Balaban J connectivity index is 1.83. The van der Waals surface area contributed by atoms with E-state index >= 15 is 0 Å². The maximum atomic E-state index is 12.7. The Morgan fingerprint density at radius 2 is 1.82 bits per heavy atom. The van der Waals surface area contributed by atoms with Gasteiger partial charge in [-0.25, -0.2) is 24.6 Å². The largest absolute Gasteiger partial charge is 0.381 e. The molecule has 2 amide bonds. The second-order valence-electron chi connectivity index (χ2n) is 4.95. The molecule has 1 aliphatic heterocycles. The van der Waals surface area contributed by atoms with E-state index in [1.54, 1.807) is 0 Å². The first kappa shape index (κ1) is 14.4. The molecule has 1 saturated heterocycles. The van der Waals surface area contributed by atoms with Crippen molar-refractivity contribution in [2.24, 2.45) is 0 Å². The minimum atomic E-state index is -0.246. The number of ether oxygens (including phenoxy) is 1. The Bertz CT molecular complexity index is 562. The fourth-order valence-corrected chi connectivity index (χ4v) is 2.33. The van der Waals surface area contributed by atoms with Crippen LogP contribution >= 0.6 is 0 Å². The second-order valence-corrected chi connectivity index (χ2v) is 4.95. The third-order valence-electron chi connectivity index (χ3n) is 3.45. The Morgan fingerprint density at radius 1 is 1.14 bits per heavy atom. The number of rotatable bonds is 3. The number of urea groups is 1. The van der Waals surface area contributed by atoms with Gasteiger partial charge in [0.05, 0.1) is 5.69 Å². The van der Waals surface area contributed by atoms with Gasteiger partial charge in [0.15, 0.2) is 0 Å². The van der Waals surface area contributed by atoms with E-state index in [2.05, 4.69) is 20.3 Å². The predicted molar refractivity (Wildman–Crippen MR) is 80.8 cm³/mol. The third-order valence-corrected chi connectivity index (χ3v) is 3.45. The van der Waals surface area contributed by atoms with E-state index in [9.17, 15) is 4.79 Å². The van der Waals surface area contributed by atoms with E-state index < -0.39 is 0 Å². The van der Waals surface area contributed by atoms with Crippen LogP contribution in [0.5, 0.6) is 0 Å². The molecular weight excluding hydrogens is 282 g/mol. The summed E-state index contributed by atoms with van der Waals surface area (Å²) in [4.78, 5) is 26.1. The number of benzene rings is 1. The Kier molecular flexibility index (Phi) is 4.55. The summed E-state index contributed by atoms with van der Waals surface area (Å²) in [6.07, 6.45) is 4.37. The number of hydrogen-bond donors (Lipinski definition) is 1. The molecule has 0 saturated carbocycles. The average Bonchev–Trinajstić information content (AvgIpc) is 2.58. The number of amides is 2. The third kappa shape index (κ3) is 3.37. The highest BCUT2D eigenvalue weighted by molar-refractivity contribution is 5.97. The van der Waals surface area contributed by atoms with Gasteiger partial charge in [-0.05, 0) is 25.0 Å². The Hall–Kier alpha value is -2.54. The van der Waals surface area contributed by atoms with Crippen LogP contribution in [-0.4, -0.2) is 40.2 Å². The maximum Gasteiger partial charge on any atom is 0.329 e. The van der Waals surface area contributed by atoms with Crippen molar-refractivity contribution < 1.29 is 9.53 Å². The molecule has 2 heterocycles. The SMILES string of the molecule is O=C(NC1CCOCC1)N(c1ccccc1)c1ncncn1. The van der Waals surface area contributed by atoms with Gasteiger partial charge in [-0.15, -0.1) is 0 Å². The summed E-state index contributed by atoms with van der Waals surface area (Å²) in [6, 6.07) is 9.17. The molecule has 1 aliphatic rings. The van der Waals surface area contributed by atoms with Crippen LogP contribution in [0.15, 0.2) is 43.0 Å². The van der Waals surface area contributed by atoms with Crippen LogP contribution in [0.2, 0.25) is 0 Å². The van der Waals surface area contributed by atoms with E-state index in [0.717, 1.165) is 12.8 Å². The van der Waals surface area contributed by atoms with Crippen molar-refractivity contribution in [3.05, 3.63) is 43.0 Å². The fourth-order valence-electron chi connectivity index (χ4n) is 2.33. The highest BCUT2D eigenvalue weighted by Crippen LogP contribution is 2.21. The molecule has 0 radical (unpaired) electrons. The fraction of sp³-hybridized carbons (Fsp3) is 0.333. The smallest absolute Gasteiger partial charge is 0.329 e. The first-order chi connectivity index (χ1) is 10.8. The van der Waals surface area contributed by atoms with Gasteiger partial charge < -0.3 is 10.1 Å². The van der Waals surface area contributed by atoms with E-state index in [-0.39, 0.29) is 12.1 Å². The van der Waals surface area contributed by atoms with Crippen molar-refractivity contribution in [2.75, 3.05) is 18.1 Å². The molecular formula is C15H17N5O2. The number of hydrogen-bond acceptors (Lipinski definition) is 5. The summed E-state index contributed by atoms with van der Waals surface area (Å²) in [5, 5.41) is 3.02. The standard InChI is InChI=1S/C15H17N5O2/c21-15(19-12-6-8-22-9-7-12)20(13-4-2-1-3-5-13)14-17-10-16-11-18-14/h1-5,10-12H,6-9H2,(H,19,21). The molecule has 0 bridgehead atoms. The van der Waals surface area contributed by atoms with Crippen molar-refractivity contribution >= 4 is 17.7 Å². The van der Waals surface area contributed by atoms with Gasteiger partial charge in [-0.1, -0.05) is 18.2 Å². The summed E-state index contributed by atoms with van der Waals surface area (Å²) >= 11 is 0. The molecule has 1 aromatic heterocycles. The van der Waals surface area contributed by atoms with Crippen LogP contribution in [0.3, 0.4) is 0 Å². The lowest BCUT2D eigenvalue weighted by Crippen LogP contribution is -2.45. The van der Waals surface area contributed by atoms with Crippen molar-refractivity contribution in [2.45, 2.75) is 18.9 Å². The van der Waals surface area contributed by atoms with Gasteiger partial charge in [-0.2, -0.15) is 0 Å². The molecule has 0 spiro atoms. The maximum absolute atomic E-state index is 12.7. The number of carbonyl (C=O) groups excluding carboxylic acids is 1. The molecule has 1 aromatic carbocycles. The first-order valence-electron chi connectivity index (χ1n) is 7.20. The first-order valence-corrected chi connectivity index (χ1v) is 7.20. The van der Waals surface area contributed by atoms with Gasteiger partial charge in [0.2, 0.25) is 5.95 Å². The normalized spacial score (nSPS) is 15.3. The van der Waals surface area contributed by atoms with E-state index in [1.807, 2.05) is 30.3 Å². The molecule has 0 unspecified atom stereocenters. The summed E-state index contributed by atoms with van der Waals surface area (Å²) in [5.74, 6) is 0.297. The topological polar surface area (TPSA) is 80.2 Å². The highest BCUT2D eigenvalue weighted by atomic mass is 16.5. The van der Waals surface area contributed by atoms with Gasteiger partial charge in [0, 0.05) is 19.3 Å². The molecule has 22 heavy (non-hydrogen) atoms. The van der Waals surface area contributed by atoms with Crippen LogP contribution in [0.4, 0.5) is 16.4 Å². The Morgan fingerprint density at radius 3 is 2.50 bits per heavy atom. The van der Waals surface area contributed by atoms with Crippen LogP contribution in [0, 0.1) is 0 Å². The molecule has 0 atom stereocenters. The summed E-state index contributed by atoms with van der Waals surface area (Å²) < 4.78 is 5.31. The lowest BCUT2D eigenvalue weighted by molar-refractivity contribution is 0.0804. The lowest BCUT2D eigenvalue weighted by atomic mass is 10.1. The van der Waals surface area contributed by atoms with Crippen molar-refractivity contribution in [1.29, 1.82) is 0 Å². The van der Waals surface area contributed by atoms with Gasteiger partial charge in [0.1, 0.15) is 12.7 Å². The quantitative estimate of drug-likeness (QED) is 0.936. The van der Waals surface area contributed by atoms with Crippen LogP contribution in [0.1, 0.15) is 12.8 Å². The van der Waals surface area contributed by atoms with Crippen LogP contribution in [0.25, 0.3) is 0 Å². The number of para-hydroxylation sites is 1. The van der Waals surface area contributed by atoms with Crippen molar-refractivity contribution in [1.82, 2.24) is 20.3 Å². The summed E-state index contributed by atoms with van der Waals surface area (Å²) in [7, 11) is 0. The minimum absolute atomic E-state index is 0.106. The number of aromatic nitrogens is 3. The van der Waals surface area contributed by atoms with Gasteiger partial charge >= 0.3 is 6.03 Å². The van der Waals surface area contributed by atoms with E-state index in [1.165, 1.54) is 17.6 Å². The number of nitrogens with zero attached hydrogens (tertiary/aromatic N) is 4. The molecule has 114 valence electrons. The summed E-state index contributed by atoms with van der Waals surface area (Å²) in [5.41, 5.74) is 0.707. The van der Waals surface area contributed by atoms with Gasteiger partial charge in [-0.3, -0.25) is 0 Å². The molecule has 1 N–H and O–H groups in total. The van der Waals surface area contributed by atoms with Crippen LogP contribution in [-0.2, 0) is 4.74 Å². The zero-order valence-electron chi connectivity index (χ0n) is 12.1. The molecule has 1 fully saturated rings. The lowest BCUT2D eigenvalue weighted by Gasteiger charge is -2.27. The molecule has 3 rings (SSSR count). The number of carbonyl (C=O) groups is 1. The predicted octanol–water partition coefficient (Wildman–Crippen LogP) is 1.90. The Labute approximate surface area is 128 Å². The minimum Gasteiger partial charge on any atom is -0.381 e. The monoisotopic (exact) mass is 299 g/mol. The molecule has 7 heteroatoms. The second kappa shape index (κ2) is 6.95. The molecule has 7 nitrogen and oxygen atoms in total. The highest BCUT2D eigenvalue weighted by Gasteiger charge is 2.24. The molecule has 0 aliphatic carbocycles. The van der Waals surface area contributed by atoms with Crippen molar-refractivity contribution in [3.63, 3.8) is 0 Å². The van der Waals surface area contributed by atoms with Crippen LogP contribution < -0.4 is 10.2 Å². The number of nitrogens with one attached hydrogen (secondary N) is 1. The average molecular weight is 299 g/mol. The summed E-state index contributed by atoms with van der Waals surface area (Å²) in [6.45, 7) is 1.34. The van der Waals surface area contributed by atoms with E-state index in [0.29, 0.717) is 24.8 Å². The molecule has 2 aromatic rings. The number of anilines is 2.